The third kappa shape index (κ3) is 3.99. The molecule has 0 bridgehead atoms. The first-order valence-electron chi connectivity index (χ1n) is 12.4. The molecule has 0 radical (unpaired) electrons. The fraction of sp³-hybridized carbons (Fsp3) is 0.464. The van der Waals surface area contributed by atoms with E-state index in [2.05, 4.69) is 35.4 Å². The molecule has 1 unspecified atom stereocenters. The molecule has 5 rings (SSSR count). The van der Waals surface area contributed by atoms with Crippen LogP contribution >= 0.6 is 0 Å². The standard InChI is InChI=1S/C28H34N2O4/c1-4-34-27-15-22-20(13-26(27)33-3)11-12-30(17-31)28(22)19-7-5-18(6-8-19)24-16-29-25-10-9-21(32-2)14-23(24)25/h9-10,13-19,28-29H,4-8,11-12H2,1-3H3. The molecule has 6 nitrogen and oxygen atoms in total. The zero-order valence-electron chi connectivity index (χ0n) is 20.3. The highest BCUT2D eigenvalue weighted by atomic mass is 16.5. The van der Waals surface area contributed by atoms with E-state index in [0.717, 1.165) is 67.8 Å². The fourth-order valence-electron chi connectivity index (χ4n) is 6.08. The molecule has 0 saturated heterocycles. The van der Waals surface area contributed by atoms with Crippen molar-refractivity contribution in [3.05, 3.63) is 53.2 Å². The first-order chi connectivity index (χ1) is 16.7. The molecule has 1 amide bonds. The number of rotatable bonds is 7. The van der Waals surface area contributed by atoms with Crippen molar-refractivity contribution in [2.75, 3.05) is 27.4 Å². The normalized spacial score (nSPS) is 22.3. The van der Waals surface area contributed by atoms with Crippen LogP contribution in [0.5, 0.6) is 17.2 Å². The quantitative estimate of drug-likeness (QED) is 0.463. The summed E-state index contributed by atoms with van der Waals surface area (Å²) in [7, 11) is 3.40. The molecule has 180 valence electrons. The van der Waals surface area contributed by atoms with Gasteiger partial charge in [-0.1, -0.05) is 0 Å². The first kappa shape index (κ1) is 22.6. The second-order valence-electron chi connectivity index (χ2n) is 9.44. The second kappa shape index (κ2) is 9.61. The number of carbonyl (C=O) groups excluding carboxylic acids is 1. The van der Waals surface area contributed by atoms with Gasteiger partial charge in [0.15, 0.2) is 11.5 Å². The number of benzene rings is 2. The average Bonchev–Trinajstić information content (AvgIpc) is 3.31. The van der Waals surface area contributed by atoms with Crippen molar-refractivity contribution >= 4 is 17.3 Å². The topological polar surface area (TPSA) is 63.8 Å². The molecule has 34 heavy (non-hydrogen) atoms. The maximum atomic E-state index is 12.1. The van der Waals surface area contributed by atoms with Crippen molar-refractivity contribution in [2.45, 2.75) is 51.0 Å². The Bertz CT molecular complexity index is 1160. The predicted molar refractivity (Wildman–Crippen MR) is 133 cm³/mol. The smallest absolute Gasteiger partial charge is 0.210 e. The van der Waals surface area contributed by atoms with Crippen LogP contribution in [0.3, 0.4) is 0 Å². The largest absolute Gasteiger partial charge is 0.497 e. The molecular formula is C28H34N2O4. The maximum Gasteiger partial charge on any atom is 0.210 e. The molecule has 3 aromatic rings. The summed E-state index contributed by atoms with van der Waals surface area (Å²) in [5, 5.41) is 1.26. The Labute approximate surface area is 201 Å². The van der Waals surface area contributed by atoms with E-state index in [1.165, 1.54) is 22.1 Å². The summed E-state index contributed by atoms with van der Waals surface area (Å²) in [5.41, 5.74) is 5.03. The SMILES string of the molecule is CCOc1cc2c(cc1OC)CCN(C=O)C2C1CCC(c2c[nH]c3ccc(OC)cc23)CC1. The Morgan fingerprint density at radius 1 is 1.03 bits per heavy atom. The Hall–Kier alpha value is -3.15. The van der Waals surface area contributed by atoms with Crippen molar-refractivity contribution in [1.82, 2.24) is 9.88 Å². The number of ether oxygens (including phenoxy) is 3. The number of hydrogen-bond donors (Lipinski definition) is 1. The zero-order chi connectivity index (χ0) is 23.7. The lowest BCUT2D eigenvalue weighted by Crippen LogP contribution is -2.39. The zero-order valence-corrected chi connectivity index (χ0v) is 20.3. The number of nitrogens with one attached hydrogen (secondary N) is 1. The summed E-state index contributed by atoms with van der Waals surface area (Å²) in [4.78, 5) is 17.5. The van der Waals surface area contributed by atoms with Gasteiger partial charge in [-0.25, -0.2) is 0 Å². The van der Waals surface area contributed by atoms with Crippen molar-refractivity contribution in [1.29, 1.82) is 0 Å². The Balaban J connectivity index is 1.40. The Morgan fingerprint density at radius 3 is 2.56 bits per heavy atom. The summed E-state index contributed by atoms with van der Waals surface area (Å²) >= 11 is 0. The van der Waals surface area contributed by atoms with Gasteiger partial charge < -0.3 is 24.1 Å². The van der Waals surface area contributed by atoms with Gasteiger partial charge in [-0.05, 0) is 97.9 Å². The number of H-pyrrole nitrogens is 1. The summed E-state index contributed by atoms with van der Waals surface area (Å²) in [6.07, 6.45) is 8.46. The van der Waals surface area contributed by atoms with Crippen LogP contribution in [0.25, 0.3) is 10.9 Å². The molecule has 2 heterocycles. The van der Waals surface area contributed by atoms with Crippen LogP contribution in [-0.4, -0.2) is 43.7 Å². The number of nitrogens with zero attached hydrogens (tertiary/aromatic N) is 1. The minimum absolute atomic E-state index is 0.0929. The van der Waals surface area contributed by atoms with Crippen LogP contribution in [0, 0.1) is 5.92 Å². The van der Waals surface area contributed by atoms with Gasteiger partial charge in [0.2, 0.25) is 6.41 Å². The van der Waals surface area contributed by atoms with Gasteiger partial charge in [0.1, 0.15) is 5.75 Å². The number of hydrogen-bond acceptors (Lipinski definition) is 4. The lowest BCUT2D eigenvalue weighted by molar-refractivity contribution is -0.122. The second-order valence-corrected chi connectivity index (χ2v) is 9.44. The summed E-state index contributed by atoms with van der Waals surface area (Å²) in [6.45, 7) is 3.31. The lowest BCUT2D eigenvalue weighted by atomic mass is 9.72. The molecule has 2 aromatic carbocycles. The van der Waals surface area contributed by atoms with E-state index >= 15 is 0 Å². The van der Waals surface area contributed by atoms with Gasteiger partial charge in [0.25, 0.3) is 0 Å². The van der Waals surface area contributed by atoms with E-state index in [9.17, 15) is 4.79 Å². The van der Waals surface area contributed by atoms with Gasteiger partial charge in [0.05, 0.1) is 26.9 Å². The van der Waals surface area contributed by atoms with Crippen LogP contribution in [0.2, 0.25) is 0 Å². The van der Waals surface area contributed by atoms with E-state index < -0.39 is 0 Å². The van der Waals surface area contributed by atoms with E-state index in [1.807, 2.05) is 17.9 Å². The summed E-state index contributed by atoms with van der Waals surface area (Å²) in [5.74, 6) is 3.38. The van der Waals surface area contributed by atoms with Crippen molar-refractivity contribution in [3.63, 3.8) is 0 Å². The molecule has 0 spiro atoms. The van der Waals surface area contributed by atoms with Crippen LogP contribution in [-0.2, 0) is 11.2 Å². The van der Waals surface area contributed by atoms with Gasteiger partial charge in [0, 0.05) is 23.6 Å². The van der Waals surface area contributed by atoms with Crippen molar-refractivity contribution in [2.24, 2.45) is 5.92 Å². The molecule has 1 aromatic heterocycles. The van der Waals surface area contributed by atoms with E-state index in [4.69, 9.17) is 14.2 Å². The molecule has 1 fully saturated rings. The van der Waals surface area contributed by atoms with Gasteiger partial charge in [-0.2, -0.15) is 0 Å². The van der Waals surface area contributed by atoms with Crippen LogP contribution in [0.4, 0.5) is 0 Å². The monoisotopic (exact) mass is 462 g/mol. The van der Waals surface area contributed by atoms with Crippen LogP contribution < -0.4 is 14.2 Å². The Morgan fingerprint density at radius 2 is 1.85 bits per heavy atom. The average molecular weight is 463 g/mol. The molecular weight excluding hydrogens is 428 g/mol. The third-order valence-corrected chi connectivity index (χ3v) is 7.76. The number of fused-ring (bicyclic) bond motifs is 2. The van der Waals surface area contributed by atoms with E-state index in [-0.39, 0.29) is 6.04 Å². The highest BCUT2D eigenvalue weighted by molar-refractivity contribution is 5.85. The van der Waals surface area contributed by atoms with Gasteiger partial charge in [-0.15, -0.1) is 0 Å². The molecule has 1 aliphatic carbocycles. The lowest BCUT2D eigenvalue weighted by Gasteiger charge is -2.42. The highest BCUT2D eigenvalue weighted by Gasteiger charge is 2.37. The summed E-state index contributed by atoms with van der Waals surface area (Å²) in [6, 6.07) is 10.6. The van der Waals surface area contributed by atoms with Crippen LogP contribution in [0.15, 0.2) is 36.5 Å². The predicted octanol–water partition coefficient (Wildman–Crippen LogP) is 5.61. The maximum absolute atomic E-state index is 12.1. The van der Waals surface area contributed by atoms with Crippen molar-refractivity contribution < 1.29 is 19.0 Å². The molecule has 1 N–H and O–H groups in total. The van der Waals surface area contributed by atoms with Gasteiger partial charge in [-0.3, -0.25) is 4.79 Å². The molecule has 1 atom stereocenters. The molecule has 6 heteroatoms. The number of aromatic nitrogens is 1. The van der Waals surface area contributed by atoms with Crippen LogP contribution in [0.1, 0.15) is 61.3 Å². The fourth-order valence-corrected chi connectivity index (χ4v) is 6.08. The van der Waals surface area contributed by atoms with E-state index in [0.29, 0.717) is 18.4 Å². The number of aromatic amines is 1. The number of amides is 1. The minimum Gasteiger partial charge on any atom is -0.497 e. The molecule has 1 aliphatic heterocycles. The van der Waals surface area contributed by atoms with E-state index in [1.54, 1.807) is 14.2 Å². The minimum atomic E-state index is 0.0929. The van der Waals surface area contributed by atoms with Crippen molar-refractivity contribution in [3.8, 4) is 17.2 Å². The number of methoxy groups -OCH3 is 2. The van der Waals surface area contributed by atoms with Gasteiger partial charge >= 0.3 is 0 Å². The Kier molecular flexibility index (Phi) is 6.40. The molecule has 2 aliphatic rings. The highest BCUT2D eigenvalue weighted by Crippen LogP contribution is 2.48. The third-order valence-electron chi connectivity index (χ3n) is 7.76. The number of carbonyl (C=O) groups is 1. The first-order valence-corrected chi connectivity index (χ1v) is 12.4. The summed E-state index contributed by atoms with van der Waals surface area (Å²) < 4.78 is 16.9. The molecule has 1 saturated carbocycles.